The molecule has 2 heteroatoms. The molecule has 2 aromatic rings. The normalized spacial score (nSPS) is 23.6. The number of ketones is 1. The first-order chi connectivity index (χ1) is 7.75. The molecule has 0 bridgehead atoms. The van der Waals surface area contributed by atoms with Crippen LogP contribution in [0, 0.1) is 11.8 Å². The maximum atomic E-state index is 11.9. The van der Waals surface area contributed by atoms with Gasteiger partial charge in [0.1, 0.15) is 5.78 Å². The minimum atomic E-state index is 0.346. The van der Waals surface area contributed by atoms with Crippen molar-refractivity contribution in [2.75, 3.05) is 0 Å². The molecule has 0 saturated heterocycles. The quantitative estimate of drug-likeness (QED) is 0.786. The zero-order chi connectivity index (χ0) is 11.1. The average molecular weight is 230 g/mol. The molecule has 16 heavy (non-hydrogen) atoms. The van der Waals surface area contributed by atoms with Crippen LogP contribution in [0.25, 0.3) is 10.1 Å². The summed E-state index contributed by atoms with van der Waals surface area (Å²) < 4.78 is 1.29. The minimum Gasteiger partial charge on any atom is -0.299 e. The molecule has 0 radical (unpaired) electrons. The number of fused-ring (bicyclic) bond motifs is 1. The van der Waals surface area contributed by atoms with E-state index >= 15 is 0 Å². The lowest BCUT2D eigenvalue weighted by Gasteiger charge is -1.98. The van der Waals surface area contributed by atoms with Crippen LogP contribution in [0.2, 0.25) is 0 Å². The van der Waals surface area contributed by atoms with Gasteiger partial charge in [0.05, 0.1) is 0 Å². The number of rotatable bonds is 3. The molecule has 1 aliphatic rings. The summed E-state index contributed by atoms with van der Waals surface area (Å²) in [5.41, 5.74) is 1.21. The lowest BCUT2D eigenvalue weighted by molar-refractivity contribution is -0.119. The Balaban J connectivity index is 1.86. The highest BCUT2D eigenvalue weighted by Crippen LogP contribution is 2.39. The van der Waals surface area contributed by atoms with E-state index < -0.39 is 0 Å². The van der Waals surface area contributed by atoms with Crippen LogP contribution in [0.15, 0.2) is 29.6 Å². The molecule has 2 unspecified atom stereocenters. The number of carbonyl (C=O) groups excluding carboxylic acids is 1. The second kappa shape index (κ2) is 3.70. The van der Waals surface area contributed by atoms with Crippen molar-refractivity contribution in [2.24, 2.45) is 11.8 Å². The second-order valence-electron chi connectivity index (χ2n) is 4.72. The Hall–Kier alpha value is -1.15. The standard InChI is InChI=1S/C14H14OS/c1-9-6-12(9)13(15)7-10-8-16-14-5-3-2-4-11(10)14/h2-5,8-9,12H,6-7H2,1H3. The van der Waals surface area contributed by atoms with Gasteiger partial charge in [-0.15, -0.1) is 11.3 Å². The summed E-state index contributed by atoms with van der Waals surface area (Å²) in [4.78, 5) is 11.9. The van der Waals surface area contributed by atoms with Crippen molar-refractivity contribution in [3.63, 3.8) is 0 Å². The topological polar surface area (TPSA) is 17.1 Å². The van der Waals surface area contributed by atoms with Gasteiger partial charge in [0.15, 0.2) is 0 Å². The monoisotopic (exact) mass is 230 g/mol. The van der Waals surface area contributed by atoms with Gasteiger partial charge in [0.2, 0.25) is 0 Å². The van der Waals surface area contributed by atoms with Crippen molar-refractivity contribution >= 4 is 27.2 Å². The largest absolute Gasteiger partial charge is 0.299 e. The highest BCUT2D eigenvalue weighted by molar-refractivity contribution is 7.17. The SMILES string of the molecule is CC1CC1C(=O)Cc1csc2ccccc12. The van der Waals surface area contributed by atoms with E-state index in [9.17, 15) is 4.79 Å². The molecular weight excluding hydrogens is 216 g/mol. The Morgan fingerprint density at radius 1 is 1.44 bits per heavy atom. The zero-order valence-electron chi connectivity index (χ0n) is 9.27. The molecule has 82 valence electrons. The minimum absolute atomic E-state index is 0.346. The first kappa shape index (κ1) is 10.0. The van der Waals surface area contributed by atoms with E-state index in [2.05, 4.69) is 24.4 Å². The van der Waals surface area contributed by atoms with Crippen LogP contribution < -0.4 is 0 Å². The van der Waals surface area contributed by atoms with E-state index in [0.717, 1.165) is 6.42 Å². The first-order valence-corrected chi connectivity index (χ1v) is 6.61. The van der Waals surface area contributed by atoms with Crippen LogP contribution in [0.3, 0.4) is 0 Å². The summed E-state index contributed by atoms with van der Waals surface area (Å²) in [5.74, 6) is 1.40. The number of benzene rings is 1. The van der Waals surface area contributed by atoms with Crippen molar-refractivity contribution in [1.82, 2.24) is 0 Å². The number of Topliss-reactive ketones (excluding diaryl/α,β-unsaturated/α-hetero) is 1. The summed E-state index contributed by atoms with van der Waals surface area (Å²) >= 11 is 1.74. The van der Waals surface area contributed by atoms with Crippen molar-refractivity contribution in [3.05, 3.63) is 35.2 Å². The predicted octanol–water partition coefficient (Wildman–Crippen LogP) is 3.67. The van der Waals surface area contributed by atoms with Crippen LogP contribution in [0.5, 0.6) is 0 Å². The van der Waals surface area contributed by atoms with E-state index in [1.54, 1.807) is 11.3 Å². The lowest BCUT2D eigenvalue weighted by atomic mass is 10.0. The van der Waals surface area contributed by atoms with Crippen LogP contribution in [0.1, 0.15) is 18.9 Å². The van der Waals surface area contributed by atoms with Gasteiger partial charge in [0.25, 0.3) is 0 Å². The fourth-order valence-electron chi connectivity index (χ4n) is 2.26. The smallest absolute Gasteiger partial charge is 0.140 e. The van der Waals surface area contributed by atoms with Crippen LogP contribution in [-0.4, -0.2) is 5.78 Å². The Morgan fingerprint density at radius 3 is 2.94 bits per heavy atom. The van der Waals surface area contributed by atoms with Gasteiger partial charge in [-0.2, -0.15) is 0 Å². The summed E-state index contributed by atoms with van der Waals surface area (Å²) in [6, 6.07) is 8.33. The average Bonchev–Trinajstić information content (AvgIpc) is 2.89. The van der Waals surface area contributed by atoms with E-state index in [1.807, 2.05) is 12.1 Å². The molecule has 1 nitrogen and oxygen atoms in total. The van der Waals surface area contributed by atoms with Gasteiger partial charge in [0, 0.05) is 17.0 Å². The molecule has 1 aromatic carbocycles. The van der Waals surface area contributed by atoms with Crippen molar-refractivity contribution in [3.8, 4) is 0 Å². The summed E-state index contributed by atoms with van der Waals surface area (Å²) in [6.07, 6.45) is 1.72. The number of carbonyl (C=O) groups is 1. The fourth-order valence-corrected chi connectivity index (χ4v) is 3.22. The van der Waals surface area contributed by atoms with Gasteiger partial charge in [-0.3, -0.25) is 4.79 Å². The molecule has 1 saturated carbocycles. The van der Waals surface area contributed by atoms with E-state index in [-0.39, 0.29) is 0 Å². The van der Waals surface area contributed by atoms with Crippen LogP contribution >= 0.6 is 11.3 Å². The van der Waals surface area contributed by atoms with E-state index in [1.165, 1.54) is 15.6 Å². The molecule has 1 aromatic heterocycles. The highest BCUT2D eigenvalue weighted by Gasteiger charge is 2.38. The maximum absolute atomic E-state index is 11.9. The Bertz CT molecular complexity index is 540. The number of thiophene rings is 1. The van der Waals surface area contributed by atoms with Crippen LogP contribution in [0.4, 0.5) is 0 Å². The van der Waals surface area contributed by atoms with Gasteiger partial charge in [-0.25, -0.2) is 0 Å². The molecule has 2 atom stereocenters. The molecule has 1 fully saturated rings. The van der Waals surface area contributed by atoms with Crippen molar-refractivity contribution in [1.29, 1.82) is 0 Å². The maximum Gasteiger partial charge on any atom is 0.140 e. The third-order valence-corrected chi connectivity index (χ3v) is 4.46. The molecule has 1 aliphatic carbocycles. The van der Waals surface area contributed by atoms with Crippen LogP contribution in [-0.2, 0) is 11.2 Å². The predicted molar refractivity (Wildman–Crippen MR) is 67.8 cm³/mol. The number of hydrogen-bond acceptors (Lipinski definition) is 2. The lowest BCUT2D eigenvalue weighted by Crippen LogP contribution is -2.05. The summed E-state index contributed by atoms with van der Waals surface area (Å²) in [6.45, 7) is 2.16. The third-order valence-electron chi connectivity index (χ3n) is 3.45. The molecule has 0 spiro atoms. The molecule has 0 aliphatic heterocycles. The second-order valence-corrected chi connectivity index (χ2v) is 5.63. The van der Waals surface area contributed by atoms with Crippen molar-refractivity contribution < 1.29 is 4.79 Å². The first-order valence-electron chi connectivity index (χ1n) is 5.73. The Kier molecular flexibility index (Phi) is 2.32. The molecule has 0 amide bonds. The zero-order valence-corrected chi connectivity index (χ0v) is 10.1. The van der Waals surface area contributed by atoms with Gasteiger partial charge in [-0.1, -0.05) is 25.1 Å². The molecule has 1 heterocycles. The van der Waals surface area contributed by atoms with Gasteiger partial charge >= 0.3 is 0 Å². The summed E-state index contributed by atoms with van der Waals surface area (Å²) in [7, 11) is 0. The molecular formula is C14H14OS. The summed E-state index contributed by atoms with van der Waals surface area (Å²) in [5, 5.41) is 3.39. The Morgan fingerprint density at radius 2 is 2.19 bits per heavy atom. The van der Waals surface area contributed by atoms with Crippen molar-refractivity contribution in [2.45, 2.75) is 19.8 Å². The third kappa shape index (κ3) is 1.67. The highest BCUT2D eigenvalue weighted by atomic mass is 32.1. The molecule has 3 rings (SSSR count). The Labute approximate surface area is 99.1 Å². The van der Waals surface area contributed by atoms with Gasteiger partial charge < -0.3 is 0 Å². The fraction of sp³-hybridized carbons (Fsp3) is 0.357. The van der Waals surface area contributed by atoms with E-state index in [0.29, 0.717) is 24.0 Å². The molecule has 0 N–H and O–H groups in total. The number of hydrogen-bond donors (Lipinski definition) is 0. The van der Waals surface area contributed by atoms with E-state index in [4.69, 9.17) is 0 Å². The van der Waals surface area contributed by atoms with Gasteiger partial charge in [-0.05, 0) is 34.7 Å².